The van der Waals surface area contributed by atoms with E-state index in [1.165, 1.54) is 0 Å². The zero-order valence-corrected chi connectivity index (χ0v) is 15.6. The third kappa shape index (κ3) is 4.46. The van der Waals surface area contributed by atoms with Crippen molar-refractivity contribution >= 4 is 11.3 Å². The van der Waals surface area contributed by atoms with Crippen LogP contribution in [0.4, 0.5) is 0 Å². The molecule has 0 fully saturated rings. The standard InChI is InChI=1S/C19H23N3O2S/c1-14-8-4-5-9-16(14)23-12-7-11-22(3)15(2)18-20-21-19(24-18)17-10-6-13-25-17/h4-6,8-10,13,15H,7,11-12H2,1-3H3. The Kier molecular flexibility index (Phi) is 5.83. The van der Waals surface area contributed by atoms with E-state index in [0.29, 0.717) is 18.4 Å². The summed E-state index contributed by atoms with van der Waals surface area (Å²) in [5, 5.41) is 10.4. The zero-order chi connectivity index (χ0) is 17.6. The summed E-state index contributed by atoms with van der Waals surface area (Å²) < 4.78 is 11.7. The summed E-state index contributed by atoms with van der Waals surface area (Å²) in [7, 11) is 2.06. The van der Waals surface area contributed by atoms with Crippen molar-refractivity contribution in [2.75, 3.05) is 20.2 Å². The van der Waals surface area contributed by atoms with Gasteiger partial charge in [0.25, 0.3) is 5.89 Å². The smallest absolute Gasteiger partial charge is 0.257 e. The number of thiophene rings is 1. The summed E-state index contributed by atoms with van der Waals surface area (Å²) in [5.41, 5.74) is 1.16. The number of hydrogen-bond donors (Lipinski definition) is 0. The minimum atomic E-state index is 0.0691. The van der Waals surface area contributed by atoms with Crippen LogP contribution in [0.5, 0.6) is 5.75 Å². The molecular formula is C19H23N3O2S. The maximum absolute atomic E-state index is 5.85. The largest absolute Gasteiger partial charge is 0.493 e. The molecule has 5 nitrogen and oxygen atoms in total. The van der Waals surface area contributed by atoms with E-state index in [-0.39, 0.29) is 6.04 Å². The molecule has 0 aliphatic carbocycles. The Morgan fingerprint density at radius 1 is 1.20 bits per heavy atom. The van der Waals surface area contributed by atoms with E-state index in [1.54, 1.807) is 11.3 Å². The lowest BCUT2D eigenvalue weighted by Gasteiger charge is -2.21. The molecule has 2 aromatic heterocycles. The van der Waals surface area contributed by atoms with Crippen molar-refractivity contribution in [3.8, 4) is 16.5 Å². The van der Waals surface area contributed by atoms with E-state index in [1.807, 2.05) is 35.7 Å². The lowest BCUT2D eigenvalue weighted by Crippen LogP contribution is -2.25. The summed E-state index contributed by atoms with van der Waals surface area (Å²) in [4.78, 5) is 3.20. The number of nitrogens with zero attached hydrogens (tertiary/aromatic N) is 3. The molecule has 25 heavy (non-hydrogen) atoms. The van der Waals surface area contributed by atoms with Crippen LogP contribution in [-0.2, 0) is 0 Å². The Hall–Kier alpha value is -2.18. The molecular weight excluding hydrogens is 334 g/mol. The molecule has 0 radical (unpaired) electrons. The van der Waals surface area contributed by atoms with Gasteiger partial charge in [-0.05, 0) is 50.4 Å². The number of aryl methyl sites for hydroxylation is 1. The lowest BCUT2D eigenvalue weighted by molar-refractivity contribution is 0.203. The second-order valence-electron chi connectivity index (χ2n) is 6.05. The summed E-state index contributed by atoms with van der Waals surface area (Å²) >= 11 is 1.60. The Balaban J connectivity index is 1.48. The molecule has 6 heteroatoms. The lowest BCUT2D eigenvalue weighted by atomic mass is 10.2. The SMILES string of the molecule is Cc1ccccc1OCCCN(C)C(C)c1nnc(-c2cccs2)o1. The molecule has 3 aromatic rings. The van der Waals surface area contributed by atoms with Gasteiger partial charge in [0.05, 0.1) is 17.5 Å². The minimum Gasteiger partial charge on any atom is -0.493 e. The van der Waals surface area contributed by atoms with Crippen LogP contribution in [0.25, 0.3) is 10.8 Å². The summed E-state index contributed by atoms with van der Waals surface area (Å²) in [6.45, 7) is 5.72. The summed E-state index contributed by atoms with van der Waals surface area (Å²) in [5.74, 6) is 2.19. The van der Waals surface area contributed by atoms with Gasteiger partial charge in [-0.25, -0.2) is 0 Å². The molecule has 0 amide bonds. The van der Waals surface area contributed by atoms with Crippen molar-refractivity contribution in [3.63, 3.8) is 0 Å². The van der Waals surface area contributed by atoms with Gasteiger partial charge in [-0.1, -0.05) is 24.3 Å². The highest BCUT2D eigenvalue weighted by atomic mass is 32.1. The fraction of sp³-hybridized carbons (Fsp3) is 0.368. The average Bonchev–Trinajstić information content (AvgIpc) is 3.30. The molecule has 0 aliphatic rings. The molecule has 2 heterocycles. The maximum atomic E-state index is 5.85. The Morgan fingerprint density at radius 2 is 2.04 bits per heavy atom. The second kappa shape index (κ2) is 8.27. The van der Waals surface area contributed by atoms with Gasteiger partial charge < -0.3 is 9.15 Å². The molecule has 3 rings (SSSR count). The molecule has 0 bridgehead atoms. The highest BCUT2D eigenvalue weighted by molar-refractivity contribution is 7.13. The number of ether oxygens (including phenoxy) is 1. The van der Waals surface area contributed by atoms with Gasteiger partial charge in [0.2, 0.25) is 5.89 Å². The second-order valence-corrected chi connectivity index (χ2v) is 6.99. The topological polar surface area (TPSA) is 51.4 Å². The first kappa shape index (κ1) is 17.6. The van der Waals surface area contributed by atoms with Gasteiger partial charge in [0, 0.05) is 6.54 Å². The Morgan fingerprint density at radius 3 is 2.80 bits per heavy atom. The van der Waals surface area contributed by atoms with Crippen molar-refractivity contribution in [3.05, 3.63) is 53.2 Å². The van der Waals surface area contributed by atoms with E-state index >= 15 is 0 Å². The molecule has 0 aliphatic heterocycles. The molecule has 1 atom stereocenters. The van der Waals surface area contributed by atoms with Gasteiger partial charge >= 0.3 is 0 Å². The third-order valence-corrected chi connectivity index (χ3v) is 5.06. The normalized spacial score (nSPS) is 12.5. The van der Waals surface area contributed by atoms with Crippen molar-refractivity contribution < 1.29 is 9.15 Å². The molecule has 1 unspecified atom stereocenters. The predicted molar refractivity (Wildman–Crippen MR) is 99.9 cm³/mol. The van der Waals surface area contributed by atoms with Crippen molar-refractivity contribution in [2.45, 2.75) is 26.3 Å². The van der Waals surface area contributed by atoms with E-state index in [0.717, 1.165) is 29.2 Å². The van der Waals surface area contributed by atoms with Gasteiger partial charge in [0.1, 0.15) is 5.75 Å². The maximum Gasteiger partial charge on any atom is 0.257 e. The first-order valence-electron chi connectivity index (χ1n) is 8.41. The first-order valence-corrected chi connectivity index (χ1v) is 9.29. The van der Waals surface area contributed by atoms with Crippen LogP contribution < -0.4 is 4.74 Å². The fourth-order valence-corrected chi connectivity index (χ4v) is 3.14. The number of aromatic nitrogens is 2. The van der Waals surface area contributed by atoms with Gasteiger partial charge in [0.15, 0.2) is 0 Å². The van der Waals surface area contributed by atoms with Gasteiger partial charge in [-0.15, -0.1) is 21.5 Å². The first-order chi connectivity index (χ1) is 12.1. The highest BCUT2D eigenvalue weighted by Gasteiger charge is 2.19. The minimum absolute atomic E-state index is 0.0691. The van der Waals surface area contributed by atoms with Crippen LogP contribution in [0, 0.1) is 6.92 Å². The molecule has 0 N–H and O–H groups in total. The van der Waals surface area contributed by atoms with Crippen LogP contribution in [-0.4, -0.2) is 35.3 Å². The van der Waals surface area contributed by atoms with Crippen LogP contribution in [0.15, 0.2) is 46.2 Å². The van der Waals surface area contributed by atoms with Crippen molar-refractivity contribution in [2.24, 2.45) is 0 Å². The molecule has 0 saturated heterocycles. The predicted octanol–water partition coefficient (Wildman–Crippen LogP) is 4.57. The zero-order valence-electron chi connectivity index (χ0n) is 14.8. The van der Waals surface area contributed by atoms with Crippen LogP contribution in [0.1, 0.15) is 30.8 Å². The monoisotopic (exact) mass is 357 g/mol. The molecule has 132 valence electrons. The number of benzene rings is 1. The highest BCUT2D eigenvalue weighted by Crippen LogP contribution is 2.26. The van der Waals surface area contributed by atoms with Crippen molar-refractivity contribution in [1.29, 1.82) is 0 Å². The Labute approximate surface area is 152 Å². The van der Waals surface area contributed by atoms with Crippen LogP contribution >= 0.6 is 11.3 Å². The fourth-order valence-electron chi connectivity index (χ4n) is 2.50. The summed E-state index contributed by atoms with van der Waals surface area (Å²) in [6.07, 6.45) is 0.932. The Bertz CT molecular complexity index is 786. The van der Waals surface area contributed by atoms with Gasteiger partial charge in [-0.2, -0.15) is 0 Å². The van der Waals surface area contributed by atoms with Gasteiger partial charge in [-0.3, -0.25) is 4.90 Å². The quantitative estimate of drug-likeness (QED) is 0.553. The van der Waals surface area contributed by atoms with E-state index < -0.39 is 0 Å². The van der Waals surface area contributed by atoms with E-state index in [2.05, 4.69) is 42.1 Å². The third-order valence-electron chi connectivity index (χ3n) is 4.20. The van der Waals surface area contributed by atoms with Crippen molar-refractivity contribution in [1.82, 2.24) is 15.1 Å². The number of para-hydroxylation sites is 1. The number of rotatable bonds is 8. The van der Waals surface area contributed by atoms with E-state index in [9.17, 15) is 0 Å². The number of hydrogen-bond acceptors (Lipinski definition) is 6. The van der Waals surface area contributed by atoms with Crippen LogP contribution in [0.2, 0.25) is 0 Å². The summed E-state index contributed by atoms with van der Waals surface area (Å²) in [6, 6.07) is 12.1. The average molecular weight is 357 g/mol. The molecule has 1 aromatic carbocycles. The molecule has 0 spiro atoms. The molecule has 0 saturated carbocycles. The van der Waals surface area contributed by atoms with Crippen LogP contribution in [0.3, 0.4) is 0 Å². The van der Waals surface area contributed by atoms with E-state index in [4.69, 9.17) is 9.15 Å².